The average molecular weight is 539 g/mol. The zero-order valence-electron chi connectivity index (χ0n) is 18.4. The molecule has 0 radical (unpaired) electrons. The number of pyridine rings is 1. The Hall–Kier alpha value is -2.49. The maximum absolute atomic E-state index is 14.7. The van der Waals surface area contributed by atoms with Gasteiger partial charge in [-0.25, -0.2) is 27.5 Å². The van der Waals surface area contributed by atoms with Crippen molar-refractivity contribution in [2.75, 3.05) is 5.32 Å². The molecule has 1 aromatic carbocycles. The number of halogens is 5. The van der Waals surface area contributed by atoms with Crippen molar-refractivity contribution in [2.24, 2.45) is 0 Å². The third kappa shape index (κ3) is 3.70. The Morgan fingerprint density at radius 2 is 1.74 bits per heavy atom. The smallest absolute Gasteiger partial charge is 0.267 e. The highest BCUT2D eigenvalue weighted by Crippen LogP contribution is 2.52. The van der Waals surface area contributed by atoms with Gasteiger partial charge in [0.1, 0.15) is 28.1 Å². The first-order valence-corrected chi connectivity index (χ1v) is 12.0. The maximum Gasteiger partial charge on any atom is 0.267 e. The molecular weight excluding hydrogens is 516 g/mol. The zero-order valence-corrected chi connectivity index (χ0v) is 20.0. The molecule has 6 rings (SSSR count). The maximum atomic E-state index is 14.7. The van der Waals surface area contributed by atoms with E-state index in [1.165, 1.54) is 18.5 Å². The summed E-state index contributed by atoms with van der Waals surface area (Å²) in [5.74, 6) is -0.622. The molecule has 3 aromatic rings. The second-order valence-electron chi connectivity index (χ2n) is 9.40. The lowest BCUT2D eigenvalue weighted by atomic mass is 9.64. The predicted octanol–water partition coefficient (Wildman–Crippen LogP) is 6.58. The lowest BCUT2D eigenvalue weighted by Gasteiger charge is -2.50. The Labute approximate surface area is 201 Å². The quantitative estimate of drug-likeness (QED) is 0.373. The predicted molar refractivity (Wildman–Crippen MR) is 124 cm³/mol. The lowest BCUT2D eigenvalue weighted by molar-refractivity contribution is -0.0283. The number of aromatic nitrogens is 3. The summed E-state index contributed by atoms with van der Waals surface area (Å²) in [6, 6.07) is 3.21. The van der Waals surface area contributed by atoms with Crippen LogP contribution in [0.3, 0.4) is 0 Å². The van der Waals surface area contributed by atoms with E-state index in [-0.39, 0.29) is 15.6 Å². The van der Waals surface area contributed by atoms with E-state index in [4.69, 9.17) is 0 Å². The molecule has 2 bridgehead atoms. The van der Waals surface area contributed by atoms with Gasteiger partial charge in [-0.3, -0.25) is 4.79 Å². The summed E-state index contributed by atoms with van der Waals surface area (Å²) in [5.41, 5.74) is -2.05. The molecule has 0 saturated heterocycles. The fourth-order valence-electron chi connectivity index (χ4n) is 5.39. The molecule has 0 aliphatic heterocycles. The fraction of sp³-hybridized carbons (Fsp3) is 0.458. The van der Waals surface area contributed by atoms with E-state index in [0.717, 1.165) is 6.07 Å². The van der Waals surface area contributed by atoms with Gasteiger partial charge in [-0.1, -0.05) is 18.2 Å². The van der Waals surface area contributed by atoms with E-state index in [9.17, 15) is 22.4 Å². The summed E-state index contributed by atoms with van der Waals surface area (Å²) in [6.45, 7) is 1.65. The van der Waals surface area contributed by atoms with Gasteiger partial charge in [0.25, 0.3) is 12.0 Å². The number of benzene rings is 1. The van der Waals surface area contributed by atoms with Crippen molar-refractivity contribution in [1.82, 2.24) is 14.5 Å². The third-order valence-corrected chi connectivity index (χ3v) is 8.21. The van der Waals surface area contributed by atoms with E-state index in [2.05, 4.69) is 31.2 Å². The van der Waals surface area contributed by atoms with Gasteiger partial charge >= 0.3 is 0 Å². The van der Waals surface area contributed by atoms with Crippen LogP contribution in [-0.2, 0) is 5.54 Å². The minimum absolute atomic E-state index is 0.0781. The first-order chi connectivity index (χ1) is 16.1. The van der Waals surface area contributed by atoms with Crippen LogP contribution in [0.1, 0.15) is 69.0 Å². The summed E-state index contributed by atoms with van der Waals surface area (Å²) >= 11 is 3.39. The van der Waals surface area contributed by atoms with Gasteiger partial charge in [0.05, 0.1) is 22.5 Å². The summed E-state index contributed by atoms with van der Waals surface area (Å²) in [6.07, 6.45) is 3.02. The van der Waals surface area contributed by atoms with Gasteiger partial charge in [-0.05, 0) is 61.4 Å². The van der Waals surface area contributed by atoms with Crippen molar-refractivity contribution >= 4 is 32.7 Å². The highest BCUT2D eigenvalue weighted by atomic mass is 79.9. The van der Waals surface area contributed by atoms with Crippen LogP contribution in [0.2, 0.25) is 0 Å². The Bertz CT molecular complexity index is 1300. The Morgan fingerprint density at radius 3 is 2.38 bits per heavy atom. The van der Waals surface area contributed by atoms with Crippen LogP contribution in [0, 0.1) is 5.82 Å². The second-order valence-corrected chi connectivity index (χ2v) is 10.2. The SMILES string of the molecule is C[C@H](Nc1ncnc2c(Br)c(=O)n(C34CCC(F)(CC3)CC4)cc12)c1cccc(C(F)F)c1F. The molecule has 3 fully saturated rings. The largest absolute Gasteiger partial charge is 0.363 e. The first kappa shape index (κ1) is 23.3. The molecule has 0 amide bonds. The molecule has 2 aromatic heterocycles. The van der Waals surface area contributed by atoms with Crippen molar-refractivity contribution in [3.8, 4) is 0 Å². The summed E-state index contributed by atoms with van der Waals surface area (Å²) in [5, 5.41) is 3.63. The number of fused-ring (bicyclic) bond motifs is 4. The molecular formula is C24H23BrF4N4O. The number of anilines is 1. The Kier molecular flexibility index (Phi) is 5.69. The number of alkyl halides is 3. The Morgan fingerprint density at radius 1 is 1.09 bits per heavy atom. The summed E-state index contributed by atoms with van der Waals surface area (Å²) in [7, 11) is 0. The molecule has 1 N–H and O–H groups in total. The number of nitrogens with zero attached hydrogens (tertiary/aromatic N) is 3. The molecule has 180 valence electrons. The van der Waals surface area contributed by atoms with Gasteiger partial charge in [0.2, 0.25) is 0 Å². The number of hydrogen-bond acceptors (Lipinski definition) is 4. The summed E-state index contributed by atoms with van der Waals surface area (Å²) in [4.78, 5) is 21.8. The highest BCUT2D eigenvalue weighted by molar-refractivity contribution is 9.10. The van der Waals surface area contributed by atoms with Gasteiger partial charge in [-0.15, -0.1) is 0 Å². The normalized spacial score (nSPS) is 25.1. The fourth-order valence-corrected chi connectivity index (χ4v) is 5.90. The minimum atomic E-state index is -2.93. The van der Waals surface area contributed by atoms with Crippen molar-refractivity contribution in [2.45, 2.75) is 69.1 Å². The molecule has 1 atom stereocenters. The Balaban J connectivity index is 1.57. The molecule has 3 saturated carbocycles. The van der Waals surface area contributed by atoms with Gasteiger partial charge in [0, 0.05) is 17.3 Å². The first-order valence-electron chi connectivity index (χ1n) is 11.2. The molecule has 3 aliphatic carbocycles. The van der Waals surface area contributed by atoms with Crippen LogP contribution in [0.5, 0.6) is 0 Å². The second kappa shape index (κ2) is 8.32. The van der Waals surface area contributed by atoms with E-state index < -0.39 is 35.1 Å². The molecule has 2 heterocycles. The lowest BCUT2D eigenvalue weighted by Crippen LogP contribution is -2.52. The molecule has 5 nitrogen and oxygen atoms in total. The van der Waals surface area contributed by atoms with Crippen LogP contribution in [-0.4, -0.2) is 20.2 Å². The van der Waals surface area contributed by atoms with Gasteiger partial charge in [-0.2, -0.15) is 0 Å². The van der Waals surface area contributed by atoms with Crippen molar-refractivity contribution in [3.05, 3.63) is 62.5 Å². The van der Waals surface area contributed by atoms with Crippen molar-refractivity contribution < 1.29 is 17.6 Å². The standard InChI is InChI=1S/C24H23BrF4N4O/c1-13(14-3-2-4-15(18(14)26)20(27)28)32-21-16-11-33(22(34)17(25)19(16)30-12-31-21)24-8-5-23(29,6-9-24)7-10-24/h2-4,11-13,20H,5-10H2,1H3,(H,30,31,32)/t13-,23?,24?/m0/s1. The minimum Gasteiger partial charge on any atom is -0.363 e. The van der Waals surface area contributed by atoms with E-state index in [1.54, 1.807) is 17.7 Å². The summed E-state index contributed by atoms with van der Waals surface area (Å²) < 4.78 is 57.7. The van der Waals surface area contributed by atoms with Gasteiger partial charge < -0.3 is 9.88 Å². The molecule has 0 unspecified atom stereocenters. The topological polar surface area (TPSA) is 59.8 Å². The van der Waals surface area contributed by atoms with Crippen molar-refractivity contribution in [1.29, 1.82) is 0 Å². The third-order valence-electron chi connectivity index (χ3n) is 7.50. The van der Waals surface area contributed by atoms with Crippen LogP contribution in [0.4, 0.5) is 23.4 Å². The number of hydrogen-bond donors (Lipinski definition) is 1. The van der Waals surface area contributed by atoms with E-state index >= 15 is 0 Å². The van der Waals surface area contributed by atoms with Crippen LogP contribution in [0.15, 0.2) is 40.0 Å². The highest BCUT2D eigenvalue weighted by Gasteiger charge is 2.50. The number of nitrogens with one attached hydrogen (secondary N) is 1. The molecule has 34 heavy (non-hydrogen) atoms. The van der Waals surface area contributed by atoms with Crippen molar-refractivity contribution in [3.63, 3.8) is 0 Å². The van der Waals surface area contributed by atoms with Crippen LogP contribution >= 0.6 is 15.9 Å². The molecule has 3 aliphatic rings. The average Bonchev–Trinajstić information content (AvgIpc) is 2.82. The zero-order chi connectivity index (χ0) is 24.3. The van der Waals surface area contributed by atoms with E-state index in [0.29, 0.717) is 55.2 Å². The van der Waals surface area contributed by atoms with Crippen LogP contribution < -0.4 is 10.9 Å². The van der Waals surface area contributed by atoms with Gasteiger partial charge in [0.15, 0.2) is 0 Å². The molecule has 0 spiro atoms. The van der Waals surface area contributed by atoms with Crippen LogP contribution in [0.25, 0.3) is 10.9 Å². The van der Waals surface area contributed by atoms with E-state index in [1.807, 2.05) is 0 Å². The molecule has 10 heteroatoms. The monoisotopic (exact) mass is 538 g/mol. The number of rotatable bonds is 5.